The van der Waals surface area contributed by atoms with E-state index in [-0.39, 0.29) is 41.3 Å². The van der Waals surface area contributed by atoms with Crippen LogP contribution in [0.3, 0.4) is 0 Å². The number of halogens is 1. The van der Waals surface area contributed by atoms with Gasteiger partial charge in [0.25, 0.3) is 0 Å². The molecule has 30 heavy (non-hydrogen) atoms. The normalized spacial score (nSPS) is 19.5. The molecule has 1 aromatic rings. The molecule has 0 fully saturated rings. The van der Waals surface area contributed by atoms with Gasteiger partial charge in [0, 0.05) is 0 Å². The fraction of sp³-hybridized carbons (Fsp3) is 0.524. The molecule has 2 N–H and O–H groups in total. The largest absolute Gasteiger partial charge is 0.478 e. The first kappa shape index (κ1) is 23.7. The van der Waals surface area contributed by atoms with Crippen molar-refractivity contribution in [3.8, 4) is 0 Å². The number of guanidine groups is 1. The number of carboxylic acid groups (broad SMARTS) is 1. The quantitative estimate of drug-likeness (QED) is 0.738. The number of alkyl carbamates (subject to hydrolysis) is 1. The van der Waals surface area contributed by atoms with Crippen LogP contribution >= 0.6 is 11.6 Å². The number of carbonyl (C=O) groups is 3. The number of nitrogens with one attached hydrogen (secondary N) is 1. The molecule has 0 saturated carbocycles. The minimum Gasteiger partial charge on any atom is -0.478 e. The van der Waals surface area contributed by atoms with E-state index in [1.807, 2.05) is 20.8 Å². The monoisotopic (exact) mass is 437 g/mol. The second kappa shape index (κ2) is 8.63. The molecule has 0 spiro atoms. The topological polar surface area (TPSA) is 108 Å². The lowest BCUT2D eigenvalue weighted by atomic mass is 9.84. The fourth-order valence-electron chi connectivity index (χ4n) is 2.87. The van der Waals surface area contributed by atoms with Gasteiger partial charge in [0.15, 0.2) is 0 Å². The number of carboxylic acids is 1. The number of nitrogens with zero attached hydrogens (tertiary/aromatic N) is 2. The number of hydrogen-bond donors (Lipinski definition) is 2. The van der Waals surface area contributed by atoms with Crippen LogP contribution in [0.4, 0.5) is 4.79 Å². The van der Waals surface area contributed by atoms with Gasteiger partial charge in [-0.1, -0.05) is 31.5 Å². The maximum atomic E-state index is 13.0. The number of benzene rings is 1. The third-order valence-corrected chi connectivity index (χ3v) is 5.22. The molecule has 164 valence electrons. The average molecular weight is 438 g/mol. The minimum atomic E-state index is -1.17. The first-order valence-corrected chi connectivity index (χ1v) is 10.0. The Morgan fingerprint density at radius 1 is 1.37 bits per heavy atom. The van der Waals surface area contributed by atoms with Gasteiger partial charge in [-0.05, 0) is 51.3 Å². The van der Waals surface area contributed by atoms with Gasteiger partial charge in [-0.15, -0.1) is 0 Å². The molecular formula is C21H28ClN3O5. The van der Waals surface area contributed by atoms with E-state index in [0.29, 0.717) is 5.56 Å². The summed E-state index contributed by atoms with van der Waals surface area (Å²) >= 11 is 5.94. The van der Waals surface area contributed by atoms with Crippen LogP contribution in [-0.2, 0) is 16.1 Å². The standard InChI is InChI=1S/C21H28ClN3O5/c1-12(2)21(6)10-16(26)25(18(24-21)23-19(29)30-20(3,4)5)11-13-7-8-15(22)14(9-13)17(27)28/h7-9,12H,10-11H2,1-6H3,(H,27,28)(H,23,24,29)/t21-/m0/s1. The third kappa shape index (κ3) is 5.72. The van der Waals surface area contributed by atoms with E-state index in [1.165, 1.54) is 17.0 Å². The Morgan fingerprint density at radius 2 is 2.00 bits per heavy atom. The summed E-state index contributed by atoms with van der Waals surface area (Å²) in [5.41, 5.74) is -0.937. The second-order valence-electron chi connectivity index (χ2n) is 8.85. The molecule has 0 aliphatic carbocycles. The van der Waals surface area contributed by atoms with E-state index in [2.05, 4.69) is 10.3 Å². The van der Waals surface area contributed by atoms with Crippen molar-refractivity contribution >= 4 is 35.5 Å². The highest BCUT2D eigenvalue weighted by Gasteiger charge is 2.40. The van der Waals surface area contributed by atoms with Crippen molar-refractivity contribution in [2.24, 2.45) is 10.9 Å². The zero-order chi connectivity index (χ0) is 22.9. The van der Waals surface area contributed by atoms with Gasteiger partial charge < -0.3 is 9.84 Å². The van der Waals surface area contributed by atoms with Crippen LogP contribution in [-0.4, -0.2) is 45.1 Å². The predicted molar refractivity (Wildman–Crippen MR) is 114 cm³/mol. The van der Waals surface area contributed by atoms with Crippen LogP contribution in [0.25, 0.3) is 0 Å². The Labute approximate surface area is 181 Å². The molecular weight excluding hydrogens is 410 g/mol. The van der Waals surface area contributed by atoms with Crippen molar-refractivity contribution in [1.82, 2.24) is 10.2 Å². The van der Waals surface area contributed by atoms with E-state index in [1.54, 1.807) is 26.8 Å². The second-order valence-corrected chi connectivity index (χ2v) is 9.26. The molecule has 2 amide bonds. The number of rotatable bonds is 4. The summed E-state index contributed by atoms with van der Waals surface area (Å²) in [4.78, 5) is 42.7. The lowest BCUT2D eigenvalue weighted by Crippen LogP contribution is -2.55. The number of hydrogen-bond acceptors (Lipinski definition) is 5. The average Bonchev–Trinajstić information content (AvgIpc) is 2.57. The van der Waals surface area contributed by atoms with E-state index in [0.717, 1.165) is 0 Å². The molecule has 0 aromatic heterocycles. The molecule has 0 unspecified atom stereocenters. The van der Waals surface area contributed by atoms with Crippen LogP contribution in [0.15, 0.2) is 23.2 Å². The van der Waals surface area contributed by atoms with Crippen molar-refractivity contribution in [2.45, 2.75) is 65.6 Å². The first-order valence-electron chi connectivity index (χ1n) is 9.64. The first-order chi connectivity index (χ1) is 13.7. The molecule has 1 heterocycles. The summed E-state index contributed by atoms with van der Waals surface area (Å²) in [6.07, 6.45) is -0.571. The van der Waals surface area contributed by atoms with E-state index in [9.17, 15) is 19.5 Å². The van der Waals surface area contributed by atoms with Crippen LogP contribution in [0.2, 0.25) is 5.02 Å². The number of aromatic carboxylic acids is 1. The zero-order valence-electron chi connectivity index (χ0n) is 18.1. The molecule has 1 atom stereocenters. The zero-order valence-corrected chi connectivity index (χ0v) is 18.8. The van der Waals surface area contributed by atoms with Crippen molar-refractivity contribution in [3.63, 3.8) is 0 Å². The van der Waals surface area contributed by atoms with Crippen molar-refractivity contribution in [2.75, 3.05) is 0 Å². The maximum absolute atomic E-state index is 13.0. The number of amides is 2. The summed E-state index contributed by atoms with van der Waals surface area (Å²) in [5.74, 6) is -1.28. The molecule has 0 radical (unpaired) electrons. The van der Waals surface area contributed by atoms with Gasteiger partial charge in [0.1, 0.15) is 5.60 Å². The van der Waals surface area contributed by atoms with Crippen molar-refractivity contribution in [1.29, 1.82) is 0 Å². The van der Waals surface area contributed by atoms with Gasteiger partial charge >= 0.3 is 12.1 Å². The highest BCUT2D eigenvalue weighted by molar-refractivity contribution is 6.33. The fourth-order valence-corrected chi connectivity index (χ4v) is 3.06. The minimum absolute atomic E-state index is 0.0269. The summed E-state index contributed by atoms with van der Waals surface area (Å²) in [7, 11) is 0. The Kier molecular flexibility index (Phi) is 6.81. The lowest BCUT2D eigenvalue weighted by molar-refractivity contribution is -0.130. The number of carbonyl (C=O) groups excluding carboxylic acids is 2. The van der Waals surface area contributed by atoms with Crippen LogP contribution in [0, 0.1) is 5.92 Å². The van der Waals surface area contributed by atoms with Crippen molar-refractivity contribution in [3.05, 3.63) is 34.3 Å². The summed E-state index contributed by atoms with van der Waals surface area (Å²) in [5, 5.41) is 12.0. The molecule has 1 aliphatic rings. The summed E-state index contributed by atoms with van der Waals surface area (Å²) in [6, 6.07) is 4.49. The van der Waals surface area contributed by atoms with Gasteiger partial charge in [-0.3, -0.25) is 15.0 Å². The summed E-state index contributed by atoms with van der Waals surface area (Å²) in [6.45, 7) is 11.0. The van der Waals surface area contributed by atoms with Gasteiger partial charge in [-0.25, -0.2) is 14.6 Å². The number of aliphatic imine (C=N–C) groups is 1. The van der Waals surface area contributed by atoms with E-state index >= 15 is 0 Å². The van der Waals surface area contributed by atoms with Gasteiger partial charge in [-0.2, -0.15) is 0 Å². The predicted octanol–water partition coefficient (Wildman–Crippen LogP) is 4.07. The van der Waals surface area contributed by atoms with E-state index in [4.69, 9.17) is 16.3 Å². The van der Waals surface area contributed by atoms with Crippen molar-refractivity contribution < 1.29 is 24.2 Å². The van der Waals surface area contributed by atoms with E-state index < -0.39 is 23.2 Å². The van der Waals surface area contributed by atoms with Crippen LogP contribution in [0.5, 0.6) is 0 Å². The molecule has 1 aliphatic heterocycles. The molecule has 0 bridgehead atoms. The molecule has 0 saturated heterocycles. The molecule has 1 aromatic carbocycles. The van der Waals surface area contributed by atoms with Gasteiger partial charge in [0.05, 0.1) is 29.1 Å². The van der Waals surface area contributed by atoms with Gasteiger partial charge in [0.2, 0.25) is 11.9 Å². The lowest BCUT2D eigenvalue weighted by Gasteiger charge is -2.38. The Hall–Kier alpha value is -2.61. The summed E-state index contributed by atoms with van der Waals surface area (Å²) < 4.78 is 5.31. The Morgan fingerprint density at radius 3 is 2.53 bits per heavy atom. The highest BCUT2D eigenvalue weighted by Crippen LogP contribution is 2.31. The maximum Gasteiger partial charge on any atom is 0.414 e. The van der Waals surface area contributed by atoms with Crippen LogP contribution in [0.1, 0.15) is 63.9 Å². The Balaban J connectivity index is 2.40. The third-order valence-electron chi connectivity index (χ3n) is 4.89. The molecule has 2 rings (SSSR count). The highest BCUT2D eigenvalue weighted by atomic mass is 35.5. The SMILES string of the molecule is CC(C)[C@]1(C)CC(=O)N(Cc2ccc(Cl)c(C(=O)O)c2)C(NC(=O)OC(C)(C)C)=N1. The smallest absolute Gasteiger partial charge is 0.414 e. The number of ether oxygens (including phenoxy) is 1. The van der Waals surface area contributed by atoms with Crippen LogP contribution < -0.4 is 5.32 Å². The Bertz CT molecular complexity index is 891. The molecule has 9 heteroatoms. The molecule has 8 nitrogen and oxygen atoms in total.